The van der Waals surface area contributed by atoms with E-state index in [0.29, 0.717) is 13.0 Å². The van der Waals surface area contributed by atoms with E-state index in [-0.39, 0.29) is 17.7 Å². The fraction of sp³-hybridized carbons (Fsp3) is 0.889. The van der Waals surface area contributed by atoms with Gasteiger partial charge in [-0.25, -0.2) is 8.42 Å². The molecule has 0 amide bonds. The number of hydrogen-bond donors (Lipinski definition) is 2. The Morgan fingerprint density at radius 3 is 2.67 bits per heavy atom. The molecule has 6 heteroatoms. The second kappa shape index (κ2) is 4.94. The quantitative estimate of drug-likeness (QED) is 0.701. The lowest BCUT2D eigenvalue weighted by molar-refractivity contribution is -0.136. The third-order valence-corrected chi connectivity index (χ3v) is 4.41. The average Bonchev–Trinajstić information content (AvgIpc) is 2.50. The summed E-state index contributed by atoms with van der Waals surface area (Å²) in [6.45, 7) is 0.339. The van der Waals surface area contributed by atoms with Crippen LogP contribution in [0, 0.1) is 0 Å². The second-order valence-electron chi connectivity index (χ2n) is 4.00. The normalized spacial score (nSPS) is 26.7. The minimum Gasteiger partial charge on any atom is -0.481 e. The summed E-state index contributed by atoms with van der Waals surface area (Å²) in [5, 5.41) is 11.1. The molecule has 0 aromatic heterocycles. The Balaban J connectivity index is 2.44. The predicted molar refractivity (Wildman–Crippen MR) is 56.5 cm³/mol. The third-order valence-electron chi connectivity index (χ3n) is 2.75. The summed E-state index contributed by atoms with van der Waals surface area (Å²) in [5.41, 5.74) is 0. The predicted octanol–water partition coefficient (Wildman–Crippen LogP) is 0.0164. The van der Waals surface area contributed by atoms with Crippen molar-refractivity contribution in [3.63, 3.8) is 0 Å². The van der Waals surface area contributed by atoms with Crippen LogP contribution in [-0.2, 0) is 14.6 Å². The first kappa shape index (κ1) is 12.4. The molecule has 15 heavy (non-hydrogen) atoms. The molecule has 0 aliphatic heterocycles. The highest BCUT2D eigenvalue weighted by Crippen LogP contribution is 2.24. The molecule has 1 aliphatic rings. The van der Waals surface area contributed by atoms with E-state index in [9.17, 15) is 13.2 Å². The zero-order valence-corrected chi connectivity index (χ0v) is 9.59. The van der Waals surface area contributed by atoms with Gasteiger partial charge in [0.15, 0.2) is 9.84 Å². The van der Waals surface area contributed by atoms with Crippen molar-refractivity contribution in [2.24, 2.45) is 0 Å². The van der Waals surface area contributed by atoms with Gasteiger partial charge in [-0.05, 0) is 12.8 Å². The van der Waals surface area contributed by atoms with Crippen molar-refractivity contribution < 1.29 is 18.3 Å². The smallest absolute Gasteiger partial charge is 0.304 e. The zero-order chi connectivity index (χ0) is 11.5. The number of carboxylic acid groups (broad SMARTS) is 1. The lowest BCUT2D eigenvalue weighted by atomic mass is 10.2. The first-order valence-electron chi connectivity index (χ1n) is 5.05. The molecule has 2 N–H and O–H groups in total. The summed E-state index contributed by atoms with van der Waals surface area (Å²) < 4.78 is 22.8. The first-order valence-corrected chi connectivity index (χ1v) is 7.01. The Labute approximate surface area is 89.8 Å². The van der Waals surface area contributed by atoms with Gasteiger partial charge in [-0.15, -0.1) is 0 Å². The molecule has 0 aromatic carbocycles. The maximum absolute atomic E-state index is 11.4. The van der Waals surface area contributed by atoms with Crippen LogP contribution in [-0.4, -0.2) is 43.6 Å². The van der Waals surface area contributed by atoms with Gasteiger partial charge in [-0.2, -0.15) is 0 Å². The molecule has 2 unspecified atom stereocenters. The molecule has 5 nitrogen and oxygen atoms in total. The van der Waals surface area contributed by atoms with Gasteiger partial charge in [0, 0.05) is 18.8 Å². The lowest BCUT2D eigenvalue weighted by Gasteiger charge is -2.18. The maximum Gasteiger partial charge on any atom is 0.304 e. The molecule has 0 spiro atoms. The minimum atomic E-state index is -3.01. The third kappa shape index (κ3) is 3.79. The summed E-state index contributed by atoms with van der Waals surface area (Å²) in [4.78, 5) is 10.3. The van der Waals surface area contributed by atoms with Gasteiger partial charge in [0.05, 0.1) is 11.7 Å². The van der Waals surface area contributed by atoms with Crippen molar-refractivity contribution in [1.29, 1.82) is 0 Å². The van der Waals surface area contributed by atoms with E-state index in [1.807, 2.05) is 0 Å². The van der Waals surface area contributed by atoms with Gasteiger partial charge in [0.1, 0.15) is 0 Å². The number of aliphatic carboxylic acids is 1. The summed E-state index contributed by atoms with van der Waals surface area (Å²) in [6.07, 6.45) is 3.67. The summed E-state index contributed by atoms with van der Waals surface area (Å²) >= 11 is 0. The van der Waals surface area contributed by atoms with Crippen molar-refractivity contribution in [2.45, 2.75) is 37.0 Å². The number of carboxylic acids is 1. The van der Waals surface area contributed by atoms with E-state index >= 15 is 0 Å². The number of nitrogens with one attached hydrogen (secondary N) is 1. The van der Waals surface area contributed by atoms with E-state index in [0.717, 1.165) is 12.8 Å². The Bertz CT molecular complexity index is 325. The fourth-order valence-corrected chi connectivity index (χ4v) is 3.46. The average molecular weight is 235 g/mol. The van der Waals surface area contributed by atoms with Crippen LogP contribution in [0.15, 0.2) is 0 Å². The van der Waals surface area contributed by atoms with E-state index < -0.39 is 15.8 Å². The van der Waals surface area contributed by atoms with Crippen LogP contribution < -0.4 is 5.32 Å². The van der Waals surface area contributed by atoms with Crippen molar-refractivity contribution in [3.8, 4) is 0 Å². The van der Waals surface area contributed by atoms with Crippen LogP contribution in [0.25, 0.3) is 0 Å². The Kier molecular flexibility index (Phi) is 4.10. The molecule has 0 bridgehead atoms. The molecule has 2 atom stereocenters. The van der Waals surface area contributed by atoms with Gasteiger partial charge >= 0.3 is 5.97 Å². The SMILES string of the molecule is CS(=O)(=O)C1CCCC1NCCC(=O)O. The number of carbonyl (C=O) groups is 1. The van der Waals surface area contributed by atoms with Crippen LogP contribution in [0.2, 0.25) is 0 Å². The number of hydrogen-bond acceptors (Lipinski definition) is 4. The van der Waals surface area contributed by atoms with Gasteiger partial charge in [0.25, 0.3) is 0 Å². The number of rotatable bonds is 5. The fourth-order valence-electron chi connectivity index (χ4n) is 2.04. The van der Waals surface area contributed by atoms with Crippen LogP contribution in [0.4, 0.5) is 0 Å². The molecule has 1 rings (SSSR count). The first-order chi connectivity index (χ1) is 6.91. The van der Waals surface area contributed by atoms with Crippen molar-refractivity contribution >= 4 is 15.8 Å². The Hall–Kier alpha value is -0.620. The Morgan fingerprint density at radius 1 is 1.47 bits per heavy atom. The summed E-state index contributed by atoms with van der Waals surface area (Å²) in [6, 6.07) is -0.0700. The maximum atomic E-state index is 11.4. The topological polar surface area (TPSA) is 83.5 Å². The van der Waals surface area contributed by atoms with Crippen LogP contribution in [0.1, 0.15) is 25.7 Å². The monoisotopic (exact) mass is 235 g/mol. The molecule has 1 aliphatic carbocycles. The molecule has 1 saturated carbocycles. The molecule has 0 aromatic rings. The van der Waals surface area contributed by atoms with E-state index in [2.05, 4.69) is 5.32 Å². The van der Waals surface area contributed by atoms with Crippen molar-refractivity contribution in [2.75, 3.05) is 12.8 Å². The second-order valence-corrected chi connectivity index (χ2v) is 6.27. The van der Waals surface area contributed by atoms with Crippen LogP contribution >= 0.6 is 0 Å². The standard InChI is InChI=1S/C9H17NO4S/c1-15(13,14)8-4-2-3-7(8)10-6-5-9(11)12/h7-8,10H,2-6H2,1H3,(H,11,12). The van der Waals surface area contributed by atoms with Crippen molar-refractivity contribution in [3.05, 3.63) is 0 Å². The van der Waals surface area contributed by atoms with E-state index in [1.54, 1.807) is 0 Å². The van der Waals surface area contributed by atoms with Crippen molar-refractivity contribution in [1.82, 2.24) is 5.32 Å². The molecule has 0 saturated heterocycles. The molecule has 0 heterocycles. The van der Waals surface area contributed by atoms with Gasteiger partial charge in [0.2, 0.25) is 0 Å². The van der Waals surface area contributed by atoms with Gasteiger partial charge in [-0.1, -0.05) is 6.42 Å². The molecule has 88 valence electrons. The summed E-state index contributed by atoms with van der Waals surface area (Å²) in [7, 11) is -3.01. The molecular weight excluding hydrogens is 218 g/mol. The van der Waals surface area contributed by atoms with Crippen LogP contribution in [0.5, 0.6) is 0 Å². The molecule has 1 fully saturated rings. The van der Waals surface area contributed by atoms with Gasteiger partial charge < -0.3 is 10.4 Å². The highest BCUT2D eigenvalue weighted by atomic mass is 32.2. The molecule has 0 radical (unpaired) electrons. The van der Waals surface area contributed by atoms with E-state index in [4.69, 9.17) is 5.11 Å². The molecular formula is C9H17NO4S. The minimum absolute atomic E-state index is 0.0347. The summed E-state index contributed by atoms with van der Waals surface area (Å²) in [5.74, 6) is -0.864. The highest BCUT2D eigenvalue weighted by molar-refractivity contribution is 7.91. The largest absolute Gasteiger partial charge is 0.481 e. The highest BCUT2D eigenvalue weighted by Gasteiger charge is 2.34. The van der Waals surface area contributed by atoms with Crippen LogP contribution in [0.3, 0.4) is 0 Å². The number of sulfone groups is 1. The Morgan fingerprint density at radius 2 is 2.13 bits per heavy atom. The zero-order valence-electron chi connectivity index (χ0n) is 8.77. The van der Waals surface area contributed by atoms with Gasteiger partial charge in [-0.3, -0.25) is 4.79 Å². The van der Waals surface area contributed by atoms with E-state index in [1.165, 1.54) is 6.26 Å². The lowest BCUT2D eigenvalue weighted by Crippen LogP contribution is -2.40.